The van der Waals surface area contributed by atoms with Crippen LogP contribution < -0.4 is 10.6 Å². The first-order valence-corrected chi connectivity index (χ1v) is 7.78. The highest BCUT2D eigenvalue weighted by Crippen LogP contribution is 2.30. The van der Waals surface area contributed by atoms with Crippen molar-refractivity contribution in [2.24, 2.45) is 11.8 Å². The summed E-state index contributed by atoms with van der Waals surface area (Å²) < 4.78 is 5.59. The highest BCUT2D eigenvalue weighted by molar-refractivity contribution is 5.76. The van der Waals surface area contributed by atoms with E-state index in [4.69, 9.17) is 4.74 Å². The topological polar surface area (TPSA) is 50.4 Å². The number of ether oxygens (including phenoxy) is 1. The van der Waals surface area contributed by atoms with Crippen molar-refractivity contribution in [3.8, 4) is 0 Å². The molecule has 0 radical (unpaired) electrons. The largest absolute Gasteiger partial charge is 0.375 e. The molecule has 1 heterocycles. The zero-order valence-electron chi connectivity index (χ0n) is 12.3. The zero-order chi connectivity index (χ0) is 13.7. The molecule has 3 atom stereocenters. The van der Waals surface area contributed by atoms with E-state index in [1.165, 1.54) is 19.3 Å². The van der Waals surface area contributed by atoms with Gasteiger partial charge in [-0.1, -0.05) is 26.7 Å². The predicted octanol–water partition coefficient (Wildman–Crippen LogP) is 1.70. The van der Waals surface area contributed by atoms with Gasteiger partial charge in [-0.15, -0.1) is 0 Å². The fourth-order valence-corrected chi connectivity index (χ4v) is 3.36. The Hall–Kier alpha value is -0.610. The third-order valence-electron chi connectivity index (χ3n) is 4.44. The summed E-state index contributed by atoms with van der Waals surface area (Å²) in [7, 11) is 0. The van der Waals surface area contributed by atoms with Gasteiger partial charge in [0.2, 0.25) is 5.91 Å². The van der Waals surface area contributed by atoms with E-state index in [1.807, 2.05) is 0 Å². The van der Waals surface area contributed by atoms with Gasteiger partial charge in [-0.3, -0.25) is 4.79 Å². The minimum Gasteiger partial charge on any atom is -0.375 e. The maximum atomic E-state index is 12.1. The second kappa shape index (κ2) is 7.25. The lowest BCUT2D eigenvalue weighted by molar-refractivity contribution is -0.126. The molecule has 4 nitrogen and oxygen atoms in total. The summed E-state index contributed by atoms with van der Waals surface area (Å²) in [6.07, 6.45) is 5.49. The van der Waals surface area contributed by atoms with Gasteiger partial charge >= 0.3 is 0 Å². The number of carbonyl (C=O) groups excluding carboxylic acids is 1. The first-order chi connectivity index (χ1) is 9.16. The number of hydrogen-bond donors (Lipinski definition) is 2. The number of carbonyl (C=O) groups is 1. The van der Waals surface area contributed by atoms with Gasteiger partial charge in [0.1, 0.15) is 0 Å². The normalized spacial score (nSPS) is 32.3. The van der Waals surface area contributed by atoms with Crippen molar-refractivity contribution in [2.75, 3.05) is 19.7 Å². The SMILES string of the molecule is CC(C)C1CCCCC1NC(=O)CC1CNCCO1. The van der Waals surface area contributed by atoms with E-state index >= 15 is 0 Å². The molecular formula is C15H28N2O2. The van der Waals surface area contributed by atoms with Crippen LogP contribution in [0.25, 0.3) is 0 Å². The number of amides is 1. The van der Waals surface area contributed by atoms with Gasteiger partial charge in [0.15, 0.2) is 0 Å². The maximum absolute atomic E-state index is 12.1. The highest BCUT2D eigenvalue weighted by Gasteiger charge is 2.29. The van der Waals surface area contributed by atoms with Crippen molar-refractivity contribution in [1.82, 2.24) is 10.6 Å². The second-order valence-electron chi connectivity index (χ2n) is 6.27. The van der Waals surface area contributed by atoms with Gasteiger partial charge < -0.3 is 15.4 Å². The van der Waals surface area contributed by atoms with Crippen molar-refractivity contribution < 1.29 is 9.53 Å². The summed E-state index contributed by atoms with van der Waals surface area (Å²) in [5.41, 5.74) is 0. The van der Waals surface area contributed by atoms with E-state index < -0.39 is 0 Å². The zero-order valence-corrected chi connectivity index (χ0v) is 12.3. The molecule has 0 aromatic rings. The molecule has 1 amide bonds. The van der Waals surface area contributed by atoms with Crippen molar-refractivity contribution in [1.29, 1.82) is 0 Å². The van der Waals surface area contributed by atoms with Crippen LogP contribution in [0.3, 0.4) is 0 Å². The quantitative estimate of drug-likeness (QED) is 0.816. The Kier molecular flexibility index (Phi) is 5.64. The molecule has 1 saturated carbocycles. The van der Waals surface area contributed by atoms with E-state index in [0.29, 0.717) is 24.3 Å². The summed E-state index contributed by atoms with van der Waals surface area (Å²) in [5.74, 6) is 1.45. The summed E-state index contributed by atoms with van der Waals surface area (Å²) in [6.45, 7) is 6.95. The molecule has 3 unspecified atom stereocenters. The molecule has 4 heteroatoms. The Labute approximate surface area is 116 Å². The minimum absolute atomic E-state index is 0.0508. The molecule has 0 bridgehead atoms. The van der Waals surface area contributed by atoms with Crippen LogP contribution in [0.2, 0.25) is 0 Å². The summed E-state index contributed by atoms with van der Waals surface area (Å²) in [5, 5.41) is 6.52. The monoisotopic (exact) mass is 268 g/mol. The third kappa shape index (κ3) is 4.46. The summed E-state index contributed by atoms with van der Waals surface area (Å²) in [6, 6.07) is 0.373. The molecule has 0 aromatic heterocycles. The van der Waals surface area contributed by atoms with E-state index in [-0.39, 0.29) is 12.0 Å². The van der Waals surface area contributed by atoms with Crippen molar-refractivity contribution in [3.63, 3.8) is 0 Å². The van der Waals surface area contributed by atoms with Crippen LogP contribution in [-0.2, 0) is 9.53 Å². The summed E-state index contributed by atoms with van der Waals surface area (Å²) in [4.78, 5) is 12.1. The molecule has 2 aliphatic rings. The highest BCUT2D eigenvalue weighted by atomic mass is 16.5. The van der Waals surface area contributed by atoms with Crippen LogP contribution in [0.5, 0.6) is 0 Å². The molecule has 0 spiro atoms. The number of hydrogen-bond acceptors (Lipinski definition) is 3. The van der Waals surface area contributed by atoms with E-state index in [0.717, 1.165) is 26.1 Å². The first kappa shape index (κ1) is 14.8. The molecule has 1 saturated heterocycles. The minimum atomic E-state index is 0.0508. The molecule has 19 heavy (non-hydrogen) atoms. The van der Waals surface area contributed by atoms with Gasteiger partial charge in [-0.25, -0.2) is 0 Å². The molecule has 0 aromatic carbocycles. The smallest absolute Gasteiger partial charge is 0.222 e. The molecule has 2 rings (SSSR count). The van der Waals surface area contributed by atoms with Gasteiger partial charge in [-0.2, -0.15) is 0 Å². The van der Waals surface area contributed by atoms with E-state index in [1.54, 1.807) is 0 Å². The molecule has 2 N–H and O–H groups in total. The van der Waals surface area contributed by atoms with Crippen molar-refractivity contribution >= 4 is 5.91 Å². The van der Waals surface area contributed by atoms with Crippen LogP contribution in [0.15, 0.2) is 0 Å². The van der Waals surface area contributed by atoms with Crippen molar-refractivity contribution in [2.45, 2.75) is 58.1 Å². The van der Waals surface area contributed by atoms with Crippen molar-refractivity contribution in [3.05, 3.63) is 0 Å². The fourth-order valence-electron chi connectivity index (χ4n) is 3.36. The van der Waals surface area contributed by atoms with E-state index in [9.17, 15) is 4.79 Å². The first-order valence-electron chi connectivity index (χ1n) is 7.78. The fraction of sp³-hybridized carbons (Fsp3) is 0.933. The van der Waals surface area contributed by atoms with Crippen LogP contribution >= 0.6 is 0 Å². The van der Waals surface area contributed by atoms with Gasteiger partial charge in [0.25, 0.3) is 0 Å². The number of nitrogens with one attached hydrogen (secondary N) is 2. The Morgan fingerprint density at radius 2 is 2.16 bits per heavy atom. The van der Waals surface area contributed by atoms with Gasteiger partial charge in [0, 0.05) is 19.1 Å². The number of morpholine rings is 1. The molecule has 1 aliphatic heterocycles. The average molecular weight is 268 g/mol. The van der Waals surface area contributed by atoms with Crippen LogP contribution in [0, 0.1) is 11.8 Å². The lowest BCUT2D eigenvalue weighted by Crippen LogP contribution is -2.47. The van der Waals surface area contributed by atoms with E-state index in [2.05, 4.69) is 24.5 Å². The lowest BCUT2D eigenvalue weighted by atomic mass is 9.78. The lowest BCUT2D eigenvalue weighted by Gasteiger charge is -2.35. The molecular weight excluding hydrogens is 240 g/mol. The molecule has 110 valence electrons. The Morgan fingerprint density at radius 3 is 2.84 bits per heavy atom. The average Bonchev–Trinajstić information content (AvgIpc) is 2.40. The summed E-state index contributed by atoms with van der Waals surface area (Å²) >= 11 is 0. The molecule has 1 aliphatic carbocycles. The molecule has 2 fully saturated rings. The Balaban J connectivity index is 1.79. The maximum Gasteiger partial charge on any atom is 0.222 e. The predicted molar refractivity (Wildman–Crippen MR) is 76.0 cm³/mol. The van der Waals surface area contributed by atoms with Gasteiger partial charge in [0.05, 0.1) is 19.1 Å². The van der Waals surface area contributed by atoms with Crippen LogP contribution in [0.1, 0.15) is 46.0 Å². The Morgan fingerprint density at radius 1 is 1.37 bits per heavy atom. The van der Waals surface area contributed by atoms with Gasteiger partial charge in [-0.05, 0) is 24.7 Å². The Bertz CT molecular complexity index is 288. The standard InChI is InChI=1S/C15H28N2O2/c1-11(2)13-5-3-4-6-14(13)17-15(18)9-12-10-16-7-8-19-12/h11-14,16H,3-10H2,1-2H3,(H,17,18). The third-order valence-corrected chi connectivity index (χ3v) is 4.44. The van der Waals surface area contributed by atoms with Crippen LogP contribution in [-0.4, -0.2) is 37.7 Å². The number of rotatable bonds is 4. The van der Waals surface area contributed by atoms with Crippen LogP contribution in [0.4, 0.5) is 0 Å². The second-order valence-corrected chi connectivity index (χ2v) is 6.27.